The van der Waals surface area contributed by atoms with Crippen LogP contribution in [0.25, 0.3) is 6.08 Å². The molecule has 1 saturated heterocycles. The molecule has 5 nitrogen and oxygen atoms in total. The lowest BCUT2D eigenvalue weighted by Gasteiger charge is -2.12. The molecule has 0 unspecified atom stereocenters. The van der Waals surface area contributed by atoms with Crippen LogP contribution in [-0.4, -0.2) is 27.5 Å². The Morgan fingerprint density at radius 2 is 1.94 bits per heavy atom. The van der Waals surface area contributed by atoms with E-state index in [0.29, 0.717) is 33.9 Å². The van der Waals surface area contributed by atoms with Crippen molar-refractivity contribution in [3.8, 4) is 5.75 Å². The third kappa shape index (κ3) is 5.28. The number of amidine groups is 1. The van der Waals surface area contributed by atoms with E-state index in [2.05, 4.69) is 16.6 Å². The van der Waals surface area contributed by atoms with Gasteiger partial charge in [0, 0.05) is 23.3 Å². The van der Waals surface area contributed by atoms with E-state index in [-0.39, 0.29) is 5.91 Å². The molecule has 0 spiro atoms. The van der Waals surface area contributed by atoms with Gasteiger partial charge in [-0.05, 0) is 53.7 Å². The number of carbonyl (C=O) groups is 1. The number of hydrogen-bond donors (Lipinski definition) is 0. The third-order valence-electron chi connectivity index (χ3n) is 4.60. The third-order valence-corrected chi connectivity index (χ3v) is 5.98. The molecule has 2 heterocycles. The van der Waals surface area contributed by atoms with Crippen LogP contribution in [0.4, 0.5) is 5.69 Å². The summed E-state index contributed by atoms with van der Waals surface area (Å²) in [5.74, 6) is 0.626. The van der Waals surface area contributed by atoms with Crippen LogP contribution in [0.3, 0.4) is 0 Å². The number of thioether (sulfide) groups is 1. The first-order valence-corrected chi connectivity index (χ1v) is 11.1. The van der Waals surface area contributed by atoms with Gasteiger partial charge >= 0.3 is 0 Å². The lowest BCUT2D eigenvalue weighted by molar-refractivity contribution is -0.121. The van der Waals surface area contributed by atoms with E-state index in [1.54, 1.807) is 23.4 Å². The van der Waals surface area contributed by atoms with Crippen LogP contribution in [0.1, 0.15) is 11.1 Å². The van der Waals surface area contributed by atoms with Crippen LogP contribution < -0.4 is 4.74 Å². The van der Waals surface area contributed by atoms with Crippen LogP contribution in [0.5, 0.6) is 5.75 Å². The van der Waals surface area contributed by atoms with Gasteiger partial charge in [-0.25, -0.2) is 4.99 Å². The summed E-state index contributed by atoms with van der Waals surface area (Å²) in [4.78, 5) is 23.8. The molecule has 1 amide bonds. The number of hydrogen-bond acceptors (Lipinski definition) is 5. The van der Waals surface area contributed by atoms with Crippen LogP contribution in [0, 0.1) is 0 Å². The first kappa shape index (κ1) is 21.9. The van der Waals surface area contributed by atoms with Crippen LogP contribution in [0.15, 0.2) is 95.6 Å². The number of halogens is 1. The van der Waals surface area contributed by atoms with Crippen molar-refractivity contribution in [2.75, 3.05) is 6.54 Å². The number of amides is 1. The summed E-state index contributed by atoms with van der Waals surface area (Å²) in [6, 6.07) is 18.8. The standard InChI is InChI=1S/C25H20ClN3O2S/c1-2-14-29-24(30)23(32-25(29)28-20-7-5-13-27-16-20)15-18-9-11-21(12-10-18)31-17-19-6-3-4-8-22(19)26/h2-13,15-16H,1,14,17H2/b23-15-,28-25?. The molecule has 0 aliphatic carbocycles. The molecule has 0 bridgehead atoms. The second-order valence-electron chi connectivity index (χ2n) is 6.87. The summed E-state index contributed by atoms with van der Waals surface area (Å²) in [6.07, 6.45) is 6.89. The molecule has 1 aliphatic rings. The smallest absolute Gasteiger partial charge is 0.267 e. The Kier molecular flexibility index (Phi) is 7.04. The minimum absolute atomic E-state index is 0.100. The van der Waals surface area contributed by atoms with E-state index in [4.69, 9.17) is 16.3 Å². The van der Waals surface area contributed by atoms with E-state index in [0.717, 1.165) is 16.9 Å². The molecule has 0 atom stereocenters. The molecule has 2 aromatic carbocycles. The number of pyridine rings is 1. The topological polar surface area (TPSA) is 54.8 Å². The number of aliphatic imine (C=N–C) groups is 1. The van der Waals surface area contributed by atoms with Crippen molar-refractivity contribution in [3.05, 3.63) is 107 Å². The molecule has 0 saturated carbocycles. The largest absolute Gasteiger partial charge is 0.489 e. The van der Waals surface area contributed by atoms with Crippen molar-refractivity contribution in [2.45, 2.75) is 6.61 Å². The van der Waals surface area contributed by atoms with Gasteiger partial charge in [-0.3, -0.25) is 14.7 Å². The maximum atomic E-state index is 12.9. The molecule has 3 aromatic rings. The van der Waals surface area contributed by atoms with Gasteiger partial charge in [-0.2, -0.15) is 0 Å². The average Bonchev–Trinajstić information content (AvgIpc) is 3.09. The first-order valence-electron chi connectivity index (χ1n) is 9.91. The number of rotatable bonds is 7. The maximum Gasteiger partial charge on any atom is 0.267 e. The van der Waals surface area contributed by atoms with E-state index in [9.17, 15) is 4.79 Å². The van der Waals surface area contributed by atoms with Gasteiger partial charge in [0.05, 0.1) is 16.8 Å². The summed E-state index contributed by atoms with van der Waals surface area (Å²) < 4.78 is 5.83. The second-order valence-corrected chi connectivity index (χ2v) is 8.29. The molecule has 1 aromatic heterocycles. The fourth-order valence-corrected chi connectivity index (χ4v) is 4.20. The Hall–Kier alpha value is -3.35. The molecular formula is C25H20ClN3O2S. The predicted octanol–water partition coefficient (Wildman–Crippen LogP) is 6.10. The van der Waals surface area contributed by atoms with Crippen LogP contribution >= 0.6 is 23.4 Å². The molecule has 1 fully saturated rings. The van der Waals surface area contributed by atoms with Crippen molar-refractivity contribution >= 4 is 46.2 Å². The van der Waals surface area contributed by atoms with E-state index in [1.165, 1.54) is 11.8 Å². The van der Waals surface area contributed by atoms with Gasteiger partial charge in [0.25, 0.3) is 5.91 Å². The summed E-state index contributed by atoms with van der Waals surface area (Å²) >= 11 is 7.51. The second kappa shape index (κ2) is 10.3. The van der Waals surface area contributed by atoms with Gasteiger partial charge in [0.2, 0.25) is 0 Å². The Bertz CT molecular complexity index is 1180. The van der Waals surface area contributed by atoms with Crippen molar-refractivity contribution < 1.29 is 9.53 Å². The molecule has 160 valence electrons. The van der Waals surface area contributed by atoms with Crippen LogP contribution in [-0.2, 0) is 11.4 Å². The van der Waals surface area contributed by atoms with Gasteiger partial charge in [0.15, 0.2) is 5.17 Å². The minimum Gasteiger partial charge on any atom is -0.489 e. The quantitative estimate of drug-likeness (QED) is 0.315. The molecule has 4 rings (SSSR count). The monoisotopic (exact) mass is 461 g/mol. The van der Waals surface area contributed by atoms with Gasteiger partial charge in [0.1, 0.15) is 12.4 Å². The normalized spacial score (nSPS) is 16.0. The summed E-state index contributed by atoms with van der Waals surface area (Å²) in [5.41, 5.74) is 2.52. The zero-order valence-corrected chi connectivity index (χ0v) is 18.7. The predicted molar refractivity (Wildman–Crippen MR) is 131 cm³/mol. The average molecular weight is 462 g/mol. The van der Waals surface area contributed by atoms with Crippen molar-refractivity contribution in [3.63, 3.8) is 0 Å². The van der Waals surface area contributed by atoms with E-state index < -0.39 is 0 Å². The number of nitrogens with zero attached hydrogens (tertiary/aromatic N) is 3. The molecule has 32 heavy (non-hydrogen) atoms. The van der Waals surface area contributed by atoms with Crippen LogP contribution in [0.2, 0.25) is 5.02 Å². The van der Waals surface area contributed by atoms with Gasteiger partial charge in [-0.1, -0.05) is 48.0 Å². The maximum absolute atomic E-state index is 12.9. The lowest BCUT2D eigenvalue weighted by Crippen LogP contribution is -2.29. The Morgan fingerprint density at radius 3 is 2.66 bits per heavy atom. The lowest BCUT2D eigenvalue weighted by atomic mass is 10.2. The zero-order chi connectivity index (χ0) is 22.3. The van der Waals surface area contributed by atoms with E-state index >= 15 is 0 Å². The molecule has 0 radical (unpaired) electrons. The van der Waals surface area contributed by atoms with E-state index in [1.807, 2.05) is 66.7 Å². The van der Waals surface area contributed by atoms with Crippen molar-refractivity contribution in [1.29, 1.82) is 0 Å². The summed E-state index contributed by atoms with van der Waals surface area (Å²) in [5, 5.41) is 1.28. The highest BCUT2D eigenvalue weighted by Gasteiger charge is 2.32. The summed E-state index contributed by atoms with van der Waals surface area (Å²) in [7, 11) is 0. The molecule has 1 aliphatic heterocycles. The number of aromatic nitrogens is 1. The van der Waals surface area contributed by atoms with Gasteiger partial charge < -0.3 is 4.74 Å². The van der Waals surface area contributed by atoms with Crippen molar-refractivity contribution in [1.82, 2.24) is 9.88 Å². The summed E-state index contributed by atoms with van der Waals surface area (Å²) in [6.45, 7) is 4.53. The minimum atomic E-state index is -0.100. The number of benzene rings is 2. The molecule has 0 N–H and O–H groups in total. The fraction of sp³-hybridized carbons (Fsp3) is 0.0800. The Labute approximate surface area is 196 Å². The first-order chi connectivity index (χ1) is 15.6. The highest BCUT2D eigenvalue weighted by Crippen LogP contribution is 2.34. The fourth-order valence-electron chi connectivity index (χ4n) is 3.00. The molecule has 7 heteroatoms. The zero-order valence-electron chi connectivity index (χ0n) is 17.1. The highest BCUT2D eigenvalue weighted by atomic mass is 35.5. The Balaban J connectivity index is 1.49. The number of carbonyl (C=O) groups excluding carboxylic acids is 1. The van der Waals surface area contributed by atoms with Gasteiger partial charge in [-0.15, -0.1) is 6.58 Å². The molecular weight excluding hydrogens is 442 g/mol. The van der Waals surface area contributed by atoms with Crippen molar-refractivity contribution in [2.24, 2.45) is 4.99 Å². The highest BCUT2D eigenvalue weighted by molar-refractivity contribution is 8.18. The number of ether oxygens (including phenoxy) is 1. The SMILES string of the molecule is C=CCN1C(=O)/C(=C/c2ccc(OCc3ccccc3Cl)cc2)SC1=Nc1cccnc1. The Morgan fingerprint density at radius 1 is 1.12 bits per heavy atom.